The Kier molecular flexibility index (Phi) is 4.90. The van der Waals surface area contributed by atoms with Crippen LogP contribution in [0.25, 0.3) is 0 Å². The van der Waals surface area contributed by atoms with Gasteiger partial charge in [-0.3, -0.25) is 0 Å². The van der Waals surface area contributed by atoms with Crippen LogP contribution in [0.1, 0.15) is 42.6 Å². The molecule has 0 amide bonds. The maximum Gasteiger partial charge on any atom is 0.115 e. The van der Waals surface area contributed by atoms with Gasteiger partial charge in [0.25, 0.3) is 0 Å². The van der Waals surface area contributed by atoms with Crippen molar-refractivity contribution in [2.75, 3.05) is 0 Å². The van der Waals surface area contributed by atoms with Gasteiger partial charge >= 0.3 is 0 Å². The van der Waals surface area contributed by atoms with Gasteiger partial charge in [0.05, 0.1) is 18.3 Å². The molecule has 0 aromatic heterocycles. The molecule has 2 N–H and O–H groups in total. The number of aromatic hydroxyl groups is 1. The van der Waals surface area contributed by atoms with E-state index in [1.54, 1.807) is 12.1 Å². The summed E-state index contributed by atoms with van der Waals surface area (Å²) in [7, 11) is 0. The molecule has 3 rings (SSSR count). The fraction of sp³-hybridized carbons (Fsp3) is 0.368. The number of aliphatic hydroxyl groups is 1. The zero-order chi connectivity index (χ0) is 16.4. The molecule has 1 fully saturated rings. The predicted octanol–water partition coefficient (Wildman–Crippen LogP) is 4.24. The number of benzene rings is 2. The topological polar surface area (TPSA) is 49.7 Å². The summed E-state index contributed by atoms with van der Waals surface area (Å²) in [5.74, 6) is 0.257. The van der Waals surface area contributed by atoms with E-state index in [4.69, 9.17) is 16.3 Å². The summed E-state index contributed by atoms with van der Waals surface area (Å²) in [5, 5.41) is 20.1. The monoisotopic (exact) mass is 332 g/mol. The molecule has 1 aliphatic rings. The number of phenolic OH excluding ortho intramolecular Hbond substituents is 1. The average Bonchev–Trinajstić information content (AvgIpc) is 2.50. The molecule has 3 nitrogen and oxygen atoms in total. The standard InChI is InChI=1S/C19H21ClO3/c1-12-8-17(22)11-19(23-12)14-4-7-18(20)15(10-14)9-13-2-5-16(21)6-3-13/h2-7,10,12,17,19,21-22H,8-9,11H2,1H3. The van der Waals surface area contributed by atoms with Gasteiger partial charge in [0.2, 0.25) is 0 Å². The maximum atomic E-state index is 9.97. The molecule has 0 bridgehead atoms. The third-order valence-corrected chi connectivity index (χ3v) is 4.63. The Bertz CT molecular complexity index is 659. The molecule has 4 heteroatoms. The van der Waals surface area contributed by atoms with E-state index in [2.05, 4.69) is 6.07 Å². The van der Waals surface area contributed by atoms with E-state index in [9.17, 15) is 10.2 Å². The highest BCUT2D eigenvalue weighted by atomic mass is 35.5. The molecule has 1 heterocycles. The number of ether oxygens (including phenoxy) is 1. The molecule has 0 radical (unpaired) electrons. The van der Waals surface area contributed by atoms with Gasteiger partial charge in [0, 0.05) is 11.4 Å². The molecule has 2 aromatic rings. The summed E-state index contributed by atoms with van der Waals surface area (Å²) >= 11 is 6.33. The first kappa shape index (κ1) is 16.3. The second kappa shape index (κ2) is 6.91. The third-order valence-electron chi connectivity index (χ3n) is 4.26. The Morgan fingerprint density at radius 3 is 2.57 bits per heavy atom. The van der Waals surface area contributed by atoms with Crippen LogP contribution in [0.15, 0.2) is 42.5 Å². The van der Waals surface area contributed by atoms with Gasteiger partial charge in [-0.25, -0.2) is 0 Å². The van der Waals surface area contributed by atoms with Crippen LogP contribution >= 0.6 is 11.6 Å². The van der Waals surface area contributed by atoms with Crippen molar-refractivity contribution >= 4 is 11.6 Å². The first-order valence-corrected chi connectivity index (χ1v) is 8.29. The molecule has 3 unspecified atom stereocenters. The minimum Gasteiger partial charge on any atom is -0.508 e. The van der Waals surface area contributed by atoms with Gasteiger partial charge < -0.3 is 14.9 Å². The second-order valence-corrected chi connectivity index (χ2v) is 6.66. The molecule has 2 aromatic carbocycles. The molecule has 122 valence electrons. The molecule has 1 aliphatic heterocycles. The molecule has 0 aliphatic carbocycles. The number of aliphatic hydroxyl groups excluding tert-OH is 1. The molecule has 1 saturated heterocycles. The third kappa shape index (κ3) is 4.05. The lowest BCUT2D eigenvalue weighted by atomic mass is 9.94. The van der Waals surface area contributed by atoms with Gasteiger partial charge in [-0.2, -0.15) is 0 Å². The van der Waals surface area contributed by atoms with Crippen molar-refractivity contribution in [3.05, 3.63) is 64.2 Å². The largest absolute Gasteiger partial charge is 0.508 e. The minimum absolute atomic E-state index is 0.0555. The summed E-state index contributed by atoms with van der Waals surface area (Å²) in [6.07, 6.45) is 1.64. The Morgan fingerprint density at radius 1 is 1.13 bits per heavy atom. The first-order chi connectivity index (χ1) is 11.0. The van der Waals surface area contributed by atoms with Gasteiger partial charge in [-0.1, -0.05) is 35.9 Å². The fourth-order valence-electron chi connectivity index (χ4n) is 3.10. The lowest BCUT2D eigenvalue weighted by Gasteiger charge is -2.31. The summed E-state index contributed by atoms with van der Waals surface area (Å²) in [6, 6.07) is 13.1. The molecular formula is C19H21ClO3. The van der Waals surface area contributed by atoms with Crippen molar-refractivity contribution in [3.8, 4) is 5.75 Å². The van der Waals surface area contributed by atoms with Crippen molar-refractivity contribution in [2.24, 2.45) is 0 Å². The van der Waals surface area contributed by atoms with Crippen molar-refractivity contribution in [1.29, 1.82) is 0 Å². The quantitative estimate of drug-likeness (QED) is 0.884. The highest BCUT2D eigenvalue weighted by Crippen LogP contribution is 2.33. The Balaban J connectivity index is 1.82. The van der Waals surface area contributed by atoms with E-state index in [0.717, 1.165) is 16.7 Å². The number of halogens is 1. The Hall–Kier alpha value is -1.55. The van der Waals surface area contributed by atoms with Crippen LogP contribution in [0.4, 0.5) is 0 Å². The minimum atomic E-state index is -0.319. The molecule has 23 heavy (non-hydrogen) atoms. The van der Waals surface area contributed by atoms with E-state index in [-0.39, 0.29) is 24.1 Å². The predicted molar refractivity (Wildman–Crippen MR) is 90.9 cm³/mol. The van der Waals surface area contributed by atoms with E-state index in [1.165, 1.54) is 0 Å². The van der Waals surface area contributed by atoms with Crippen molar-refractivity contribution in [3.63, 3.8) is 0 Å². The highest BCUT2D eigenvalue weighted by molar-refractivity contribution is 6.31. The SMILES string of the molecule is CC1CC(O)CC(c2ccc(Cl)c(Cc3ccc(O)cc3)c2)O1. The Labute approximate surface area is 141 Å². The second-order valence-electron chi connectivity index (χ2n) is 6.25. The summed E-state index contributed by atoms with van der Waals surface area (Å²) in [6.45, 7) is 1.99. The number of hydrogen-bond acceptors (Lipinski definition) is 3. The van der Waals surface area contributed by atoms with E-state index >= 15 is 0 Å². The molecule has 0 saturated carbocycles. The summed E-state index contributed by atoms with van der Waals surface area (Å²) in [5.41, 5.74) is 3.15. The zero-order valence-corrected chi connectivity index (χ0v) is 13.8. The van der Waals surface area contributed by atoms with Gasteiger partial charge in [-0.05, 0) is 54.7 Å². The smallest absolute Gasteiger partial charge is 0.115 e. The number of phenols is 1. The van der Waals surface area contributed by atoms with Crippen LogP contribution in [0.3, 0.4) is 0 Å². The lowest BCUT2D eigenvalue weighted by Crippen LogP contribution is -2.29. The fourth-order valence-corrected chi connectivity index (χ4v) is 3.28. The van der Waals surface area contributed by atoms with E-state index < -0.39 is 0 Å². The molecule has 3 atom stereocenters. The van der Waals surface area contributed by atoms with Gasteiger partial charge in [-0.15, -0.1) is 0 Å². The molecule has 0 spiro atoms. The summed E-state index contributed by atoms with van der Waals surface area (Å²) in [4.78, 5) is 0. The van der Waals surface area contributed by atoms with E-state index in [0.29, 0.717) is 24.3 Å². The van der Waals surface area contributed by atoms with Crippen LogP contribution in [-0.2, 0) is 11.2 Å². The van der Waals surface area contributed by atoms with Crippen LogP contribution in [0.5, 0.6) is 5.75 Å². The lowest BCUT2D eigenvalue weighted by molar-refractivity contribution is -0.0895. The first-order valence-electron chi connectivity index (χ1n) is 7.91. The van der Waals surface area contributed by atoms with Crippen molar-refractivity contribution in [1.82, 2.24) is 0 Å². The normalized spacial score (nSPS) is 24.6. The van der Waals surface area contributed by atoms with Crippen molar-refractivity contribution in [2.45, 2.75) is 44.5 Å². The number of rotatable bonds is 3. The van der Waals surface area contributed by atoms with Gasteiger partial charge in [0.1, 0.15) is 5.75 Å². The van der Waals surface area contributed by atoms with Gasteiger partial charge in [0.15, 0.2) is 0 Å². The average molecular weight is 333 g/mol. The molecular weight excluding hydrogens is 312 g/mol. The highest BCUT2D eigenvalue weighted by Gasteiger charge is 2.27. The van der Waals surface area contributed by atoms with Crippen molar-refractivity contribution < 1.29 is 14.9 Å². The van der Waals surface area contributed by atoms with E-state index in [1.807, 2.05) is 31.2 Å². The van der Waals surface area contributed by atoms with Crippen LogP contribution in [0, 0.1) is 0 Å². The maximum absolute atomic E-state index is 9.97. The number of hydrogen-bond donors (Lipinski definition) is 2. The zero-order valence-electron chi connectivity index (χ0n) is 13.1. The van der Waals surface area contributed by atoms with Crippen LogP contribution in [-0.4, -0.2) is 22.4 Å². The Morgan fingerprint density at radius 2 is 1.87 bits per heavy atom. The van der Waals surface area contributed by atoms with Crippen LogP contribution in [0.2, 0.25) is 5.02 Å². The summed E-state index contributed by atoms with van der Waals surface area (Å²) < 4.78 is 5.97. The van der Waals surface area contributed by atoms with Crippen LogP contribution < -0.4 is 0 Å².